The van der Waals surface area contributed by atoms with Crippen molar-refractivity contribution in [3.8, 4) is 11.5 Å². The number of rotatable bonds is 7. The van der Waals surface area contributed by atoms with Crippen molar-refractivity contribution in [2.45, 2.75) is 18.6 Å². The van der Waals surface area contributed by atoms with E-state index in [1.807, 2.05) is 30.3 Å². The summed E-state index contributed by atoms with van der Waals surface area (Å²) < 4.78 is 49.4. The summed E-state index contributed by atoms with van der Waals surface area (Å²) in [5.74, 6) is 0.243. The van der Waals surface area contributed by atoms with E-state index in [2.05, 4.69) is 5.10 Å². The SMILES string of the molecule is COc1ccc(C2=NN(C(=O)CN(C)C(=O)c3ccc(C(F)(F)F)cc3)[C@H](c3ccccc3OC)C2)cc1. The Morgan fingerprint density at radius 3 is 2.24 bits per heavy atom. The molecule has 1 heterocycles. The van der Waals surface area contributed by atoms with Gasteiger partial charge in [-0.2, -0.15) is 18.3 Å². The lowest BCUT2D eigenvalue weighted by molar-refractivity contribution is -0.137. The van der Waals surface area contributed by atoms with E-state index in [-0.39, 0.29) is 12.1 Å². The molecule has 0 fully saturated rings. The lowest BCUT2D eigenvalue weighted by Crippen LogP contribution is -2.39. The van der Waals surface area contributed by atoms with Crippen LogP contribution in [-0.4, -0.2) is 55.2 Å². The molecule has 0 saturated carbocycles. The summed E-state index contributed by atoms with van der Waals surface area (Å²) in [5, 5.41) is 5.95. The molecule has 4 rings (SSSR count). The maximum Gasteiger partial charge on any atom is 0.416 e. The predicted molar refractivity (Wildman–Crippen MR) is 135 cm³/mol. The maximum absolute atomic E-state index is 13.5. The van der Waals surface area contributed by atoms with Crippen molar-refractivity contribution in [3.05, 3.63) is 95.1 Å². The lowest BCUT2D eigenvalue weighted by Gasteiger charge is -2.26. The van der Waals surface area contributed by atoms with E-state index in [0.29, 0.717) is 23.6 Å². The van der Waals surface area contributed by atoms with Gasteiger partial charge in [-0.1, -0.05) is 18.2 Å². The fraction of sp³-hybridized carbons (Fsp3) is 0.250. The first-order valence-electron chi connectivity index (χ1n) is 11.7. The average Bonchev–Trinajstić information content (AvgIpc) is 3.37. The van der Waals surface area contributed by atoms with E-state index in [0.717, 1.165) is 40.3 Å². The molecule has 1 aliphatic heterocycles. The van der Waals surface area contributed by atoms with Gasteiger partial charge >= 0.3 is 6.18 Å². The summed E-state index contributed by atoms with van der Waals surface area (Å²) in [6.07, 6.45) is -4.10. The van der Waals surface area contributed by atoms with Gasteiger partial charge in [-0.05, 0) is 60.2 Å². The van der Waals surface area contributed by atoms with E-state index in [1.54, 1.807) is 32.4 Å². The zero-order valence-corrected chi connectivity index (χ0v) is 21.0. The number of halogens is 3. The molecule has 198 valence electrons. The molecule has 38 heavy (non-hydrogen) atoms. The minimum atomic E-state index is -4.51. The molecule has 3 aromatic rings. The van der Waals surface area contributed by atoms with Gasteiger partial charge in [-0.25, -0.2) is 5.01 Å². The van der Waals surface area contributed by atoms with E-state index >= 15 is 0 Å². The standard InChI is InChI=1S/C28H26F3N3O4/c1-33(27(36)19-8-12-20(13-9-19)28(29,30)31)17-26(35)34-24(22-6-4-5-7-25(22)38-3)16-23(32-34)18-10-14-21(37-2)15-11-18/h4-15,24H,16-17H2,1-3H3/t24-/m0/s1. The van der Waals surface area contributed by atoms with Gasteiger partial charge in [0.05, 0.1) is 31.5 Å². The van der Waals surface area contributed by atoms with Crippen LogP contribution in [0.3, 0.4) is 0 Å². The number of para-hydroxylation sites is 1. The molecule has 0 bridgehead atoms. The fourth-order valence-electron chi connectivity index (χ4n) is 4.25. The second-order valence-corrected chi connectivity index (χ2v) is 8.71. The highest BCUT2D eigenvalue weighted by molar-refractivity contribution is 6.04. The number of carbonyl (C=O) groups excluding carboxylic acids is 2. The normalized spacial score (nSPS) is 15.2. The van der Waals surface area contributed by atoms with E-state index in [4.69, 9.17) is 9.47 Å². The van der Waals surface area contributed by atoms with Crippen LogP contribution in [0.4, 0.5) is 13.2 Å². The Hall–Kier alpha value is -4.34. The van der Waals surface area contributed by atoms with Crippen LogP contribution in [0.15, 0.2) is 77.9 Å². The van der Waals surface area contributed by atoms with Crippen LogP contribution in [0.5, 0.6) is 11.5 Å². The van der Waals surface area contributed by atoms with Crippen LogP contribution in [0, 0.1) is 0 Å². The third-order valence-corrected chi connectivity index (χ3v) is 6.27. The van der Waals surface area contributed by atoms with Gasteiger partial charge < -0.3 is 14.4 Å². The molecule has 0 spiro atoms. The first-order chi connectivity index (χ1) is 18.1. The van der Waals surface area contributed by atoms with Crippen LogP contribution >= 0.6 is 0 Å². The number of nitrogens with zero attached hydrogens (tertiary/aromatic N) is 3. The Morgan fingerprint density at radius 1 is 0.974 bits per heavy atom. The number of hydrogen-bond acceptors (Lipinski definition) is 5. The Labute approximate surface area is 218 Å². The molecule has 1 atom stereocenters. The summed E-state index contributed by atoms with van der Waals surface area (Å²) in [4.78, 5) is 27.5. The Kier molecular flexibility index (Phi) is 7.70. The minimum Gasteiger partial charge on any atom is -0.497 e. The van der Waals surface area contributed by atoms with Crippen LogP contribution < -0.4 is 9.47 Å². The van der Waals surface area contributed by atoms with Crippen molar-refractivity contribution >= 4 is 17.5 Å². The van der Waals surface area contributed by atoms with Crippen LogP contribution in [0.25, 0.3) is 0 Å². The molecule has 0 N–H and O–H groups in total. The topological polar surface area (TPSA) is 71.4 Å². The number of ether oxygens (including phenoxy) is 2. The number of likely N-dealkylation sites (N-methyl/N-ethyl adjacent to an activating group) is 1. The summed E-state index contributed by atoms with van der Waals surface area (Å²) in [6.45, 7) is -0.328. The van der Waals surface area contributed by atoms with Gasteiger partial charge in [0.25, 0.3) is 11.8 Å². The molecule has 3 aromatic carbocycles. The minimum absolute atomic E-state index is 0.0402. The average molecular weight is 526 g/mol. The molecule has 1 aliphatic rings. The highest BCUT2D eigenvalue weighted by Crippen LogP contribution is 2.37. The molecular weight excluding hydrogens is 499 g/mol. The summed E-state index contributed by atoms with van der Waals surface area (Å²) >= 11 is 0. The third kappa shape index (κ3) is 5.64. The van der Waals surface area contributed by atoms with Crippen LogP contribution in [0.1, 0.15) is 39.5 Å². The summed E-state index contributed by atoms with van der Waals surface area (Å²) in [6, 6.07) is 18.0. The maximum atomic E-state index is 13.5. The smallest absolute Gasteiger partial charge is 0.416 e. The van der Waals surface area contributed by atoms with Crippen molar-refractivity contribution in [1.29, 1.82) is 0 Å². The summed E-state index contributed by atoms with van der Waals surface area (Å²) in [7, 11) is 4.53. The van der Waals surface area contributed by atoms with Crippen molar-refractivity contribution < 1.29 is 32.2 Å². The zero-order chi connectivity index (χ0) is 27.4. The van der Waals surface area contributed by atoms with Gasteiger partial charge in [0.15, 0.2) is 0 Å². The fourth-order valence-corrected chi connectivity index (χ4v) is 4.25. The monoisotopic (exact) mass is 525 g/mol. The lowest BCUT2D eigenvalue weighted by atomic mass is 9.97. The van der Waals surface area contributed by atoms with Gasteiger partial charge in [0, 0.05) is 24.6 Å². The zero-order valence-electron chi connectivity index (χ0n) is 21.0. The largest absolute Gasteiger partial charge is 0.497 e. The van der Waals surface area contributed by atoms with Crippen molar-refractivity contribution in [1.82, 2.24) is 9.91 Å². The molecule has 0 aliphatic carbocycles. The second kappa shape index (κ2) is 11.0. The highest BCUT2D eigenvalue weighted by atomic mass is 19.4. The van der Waals surface area contributed by atoms with Gasteiger partial charge in [-0.3, -0.25) is 9.59 Å². The first-order valence-corrected chi connectivity index (χ1v) is 11.7. The number of methoxy groups -OCH3 is 2. The predicted octanol–water partition coefficient (Wildman–Crippen LogP) is 5.17. The molecule has 10 heteroatoms. The highest BCUT2D eigenvalue weighted by Gasteiger charge is 2.36. The van der Waals surface area contributed by atoms with Crippen molar-refractivity contribution in [3.63, 3.8) is 0 Å². The number of amides is 2. The van der Waals surface area contributed by atoms with Crippen LogP contribution in [0.2, 0.25) is 0 Å². The number of alkyl halides is 3. The molecule has 7 nitrogen and oxygen atoms in total. The summed E-state index contributed by atoms with van der Waals surface area (Å²) in [5.41, 5.74) is 1.43. The Bertz CT molecular complexity index is 1340. The Balaban J connectivity index is 1.58. The Morgan fingerprint density at radius 2 is 1.63 bits per heavy atom. The second-order valence-electron chi connectivity index (χ2n) is 8.71. The number of carbonyl (C=O) groups is 2. The molecule has 0 unspecified atom stereocenters. The molecule has 0 saturated heterocycles. The number of hydrogen-bond donors (Lipinski definition) is 0. The van der Waals surface area contributed by atoms with Gasteiger partial charge in [0.2, 0.25) is 0 Å². The van der Waals surface area contributed by atoms with E-state index in [9.17, 15) is 22.8 Å². The van der Waals surface area contributed by atoms with Crippen molar-refractivity contribution in [2.75, 3.05) is 27.8 Å². The van der Waals surface area contributed by atoms with Crippen LogP contribution in [-0.2, 0) is 11.0 Å². The molecule has 0 aromatic heterocycles. The quantitative estimate of drug-likeness (QED) is 0.427. The van der Waals surface area contributed by atoms with Gasteiger partial charge in [0.1, 0.15) is 18.0 Å². The number of benzene rings is 3. The number of hydrazone groups is 1. The third-order valence-electron chi connectivity index (χ3n) is 6.27. The van der Waals surface area contributed by atoms with Gasteiger partial charge in [-0.15, -0.1) is 0 Å². The van der Waals surface area contributed by atoms with E-state index in [1.165, 1.54) is 12.1 Å². The molecule has 2 amide bonds. The molecular formula is C28H26F3N3O4. The van der Waals surface area contributed by atoms with E-state index < -0.39 is 29.6 Å². The molecule has 0 radical (unpaired) electrons. The first kappa shape index (κ1) is 26.7. The van der Waals surface area contributed by atoms with Crippen molar-refractivity contribution in [2.24, 2.45) is 5.10 Å².